The van der Waals surface area contributed by atoms with Crippen LogP contribution >= 0.6 is 0 Å². The van der Waals surface area contributed by atoms with E-state index in [1.54, 1.807) is 24.3 Å². The molecule has 2 aromatic carbocycles. The van der Waals surface area contributed by atoms with Gasteiger partial charge < -0.3 is 21.3 Å². The molecule has 0 aliphatic carbocycles. The van der Waals surface area contributed by atoms with Crippen LogP contribution < -0.4 is 21.3 Å². The number of nitrogen functional groups attached to an aromatic ring is 2. The predicted molar refractivity (Wildman–Crippen MR) is 121 cm³/mol. The third-order valence-corrected chi connectivity index (χ3v) is 4.80. The number of benzene rings is 2. The zero-order valence-corrected chi connectivity index (χ0v) is 17.5. The van der Waals surface area contributed by atoms with Gasteiger partial charge in [0, 0.05) is 50.7 Å². The Morgan fingerprint density at radius 2 is 1.00 bits per heavy atom. The van der Waals surface area contributed by atoms with Crippen LogP contribution in [0.3, 0.4) is 0 Å². The van der Waals surface area contributed by atoms with Crippen LogP contribution in [0.5, 0.6) is 0 Å². The zero-order valence-electron chi connectivity index (χ0n) is 17.5. The van der Waals surface area contributed by atoms with Crippen LogP contribution in [0, 0.1) is 0 Å². The van der Waals surface area contributed by atoms with Gasteiger partial charge in [0.25, 0.3) is 0 Å². The van der Waals surface area contributed by atoms with Gasteiger partial charge in [-0.05, 0) is 54.6 Å². The van der Waals surface area contributed by atoms with Gasteiger partial charge >= 0.3 is 0 Å². The van der Waals surface area contributed by atoms with Crippen LogP contribution in [0.4, 0.5) is 22.7 Å². The Labute approximate surface area is 175 Å². The van der Waals surface area contributed by atoms with Gasteiger partial charge in [0.15, 0.2) is 0 Å². The van der Waals surface area contributed by atoms with Crippen molar-refractivity contribution in [3.05, 3.63) is 77.1 Å². The molecule has 0 radical (unpaired) electrons. The summed E-state index contributed by atoms with van der Waals surface area (Å²) in [5, 5.41) is 0. The number of aromatic nitrogens is 1. The van der Waals surface area contributed by atoms with Gasteiger partial charge in [-0.15, -0.1) is 0 Å². The van der Waals surface area contributed by atoms with Crippen molar-refractivity contribution in [3.63, 3.8) is 0 Å². The minimum Gasteiger partial charge on any atom is -0.397 e. The third kappa shape index (κ3) is 4.10. The molecule has 3 aromatic rings. The van der Waals surface area contributed by atoms with Gasteiger partial charge in [0.05, 0.1) is 11.4 Å². The molecule has 30 heavy (non-hydrogen) atoms. The molecule has 7 heteroatoms. The number of nitrogens with zero attached hydrogens (tertiary/aromatic N) is 3. The first kappa shape index (κ1) is 20.9. The summed E-state index contributed by atoms with van der Waals surface area (Å²) in [6.45, 7) is 0. The second-order valence-electron chi connectivity index (χ2n) is 7.40. The number of carbonyl (C=O) groups is 2. The summed E-state index contributed by atoms with van der Waals surface area (Å²) in [5.74, 6) is -0.732. The summed E-state index contributed by atoms with van der Waals surface area (Å²) in [5.41, 5.74) is 15.1. The maximum Gasteiger partial charge on any atom is 0.213 e. The minimum absolute atomic E-state index is 0.00932. The number of ketones is 2. The molecule has 0 aliphatic rings. The fourth-order valence-corrected chi connectivity index (χ4v) is 3.00. The second kappa shape index (κ2) is 8.24. The molecule has 0 atom stereocenters. The molecule has 0 bridgehead atoms. The molecule has 0 spiro atoms. The molecule has 0 aliphatic heterocycles. The van der Waals surface area contributed by atoms with E-state index in [4.69, 9.17) is 11.5 Å². The molecule has 0 amide bonds. The Morgan fingerprint density at radius 1 is 0.667 bits per heavy atom. The van der Waals surface area contributed by atoms with E-state index in [-0.39, 0.29) is 34.3 Å². The fourth-order valence-electron chi connectivity index (χ4n) is 3.00. The summed E-state index contributed by atoms with van der Waals surface area (Å²) in [7, 11) is 7.66. The van der Waals surface area contributed by atoms with E-state index in [2.05, 4.69) is 4.98 Å². The lowest BCUT2D eigenvalue weighted by atomic mass is 10.0. The summed E-state index contributed by atoms with van der Waals surface area (Å²) >= 11 is 0. The highest BCUT2D eigenvalue weighted by Gasteiger charge is 2.21. The van der Waals surface area contributed by atoms with Gasteiger partial charge in [-0.25, -0.2) is 4.98 Å². The van der Waals surface area contributed by atoms with Gasteiger partial charge in [0.1, 0.15) is 11.4 Å². The molecule has 1 heterocycles. The van der Waals surface area contributed by atoms with Crippen LogP contribution in [0.15, 0.2) is 54.6 Å². The van der Waals surface area contributed by atoms with Crippen LogP contribution in [-0.2, 0) is 0 Å². The summed E-state index contributed by atoms with van der Waals surface area (Å²) in [6.07, 6.45) is 0. The average Bonchev–Trinajstić information content (AvgIpc) is 2.73. The lowest BCUT2D eigenvalue weighted by Crippen LogP contribution is -2.16. The SMILES string of the molecule is CN(C)c1ccc(C(=O)c2nc(C(=O)c3ccc(N(C)C)cc3)c(N)cc2N)cc1. The Balaban J connectivity index is 1.97. The number of carbonyl (C=O) groups excluding carboxylic acids is 2. The second-order valence-corrected chi connectivity index (χ2v) is 7.40. The first-order valence-corrected chi connectivity index (χ1v) is 9.39. The van der Waals surface area contributed by atoms with E-state index < -0.39 is 0 Å². The summed E-state index contributed by atoms with van der Waals surface area (Å²) in [6, 6.07) is 15.6. The maximum absolute atomic E-state index is 13.0. The van der Waals surface area contributed by atoms with Crippen molar-refractivity contribution in [2.45, 2.75) is 0 Å². The van der Waals surface area contributed by atoms with Crippen molar-refractivity contribution in [3.8, 4) is 0 Å². The topological polar surface area (TPSA) is 106 Å². The van der Waals surface area contributed by atoms with Gasteiger partial charge in [-0.2, -0.15) is 0 Å². The molecule has 0 fully saturated rings. The van der Waals surface area contributed by atoms with Crippen molar-refractivity contribution in [1.29, 1.82) is 0 Å². The highest BCUT2D eigenvalue weighted by Crippen LogP contribution is 2.24. The summed E-state index contributed by atoms with van der Waals surface area (Å²) < 4.78 is 0. The van der Waals surface area contributed by atoms with Crippen molar-refractivity contribution in [1.82, 2.24) is 4.98 Å². The van der Waals surface area contributed by atoms with Crippen LogP contribution in [0.2, 0.25) is 0 Å². The van der Waals surface area contributed by atoms with Crippen molar-refractivity contribution in [2.24, 2.45) is 0 Å². The predicted octanol–water partition coefficient (Wildman–Crippen LogP) is 2.84. The molecular formula is C23H25N5O2. The number of pyridine rings is 1. The Morgan fingerprint density at radius 3 is 1.30 bits per heavy atom. The number of anilines is 4. The monoisotopic (exact) mass is 403 g/mol. The average molecular weight is 403 g/mol. The quantitative estimate of drug-likeness (QED) is 0.610. The zero-order chi connectivity index (χ0) is 22.0. The fraction of sp³-hybridized carbons (Fsp3) is 0.174. The first-order valence-electron chi connectivity index (χ1n) is 9.39. The van der Waals surface area contributed by atoms with E-state index in [1.165, 1.54) is 6.07 Å². The molecule has 1 aromatic heterocycles. The van der Waals surface area contributed by atoms with Crippen LogP contribution in [0.1, 0.15) is 32.1 Å². The molecular weight excluding hydrogens is 378 g/mol. The maximum atomic E-state index is 13.0. The van der Waals surface area contributed by atoms with Gasteiger partial charge in [-0.1, -0.05) is 0 Å². The largest absolute Gasteiger partial charge is 0.397 e. The molecule has 3 rings (SSSR count). The smallest absolute Gasteiger partial charge is 0.213 e. The lowest BCUT2D eigenvalue weighted by molar-refractivity contribution is 0.103. The van der Waals surface area contributed by atoms with E-state index >= 15 is 0 Å². The highest BCUT2D eigenvalue weighted by molar-refractivity contribution is 6.15. The van der Waals surface area contributed by atoms with Crippen molar-refractivity contribution in [2.75, 3.05) is 49.5 Å². The normalized spacial score (nSPS) is 10.5. The van der Waals surface area contributed by atoms with Crippen molar-refractivity contribution >= 4 is 34.3 Å². The minimum atomic E-state index is -0.366. The van der Waals surface area contributed by atoms with E-state index in [1.807, 2.05) is 62.3 Å². The van der Waals surface area contributed by atoms with E-state index in [0.717, 1.165) is 11.4 Å². The Hall–Kier alpha value is -3.87. The van der Waals surface area contributed by atoms with Gasteiger partial charge in [0.2, 0.25) is 11.6 Å². The van der Waals surface area contributed by atoms with Crippen LogP contribution in [0.25, 0.3) is 0 Å². The molecule has 0 saturated carbocycles. The molecule has 0 unspecified atom stereocenters. The lowest BCUT2D eigenvalue weighted by Gasteiger charge is -2.14. The Kier molecular flexibility index (Phi) is 5.73. The molecule has 0 saturated heterocycles. The number of rotatable bonds is 6. The standard InChI is InChI=1S/C23H25N5O2/c1-27(2)16-9-5-14(6-10-16)22(29)20-18(24)13-19(25)21(26-20)23(30)15-7-11-17(12-8-15)28(3)4/h5-13H,24-25H2,1-4H3. The van der Waals surface area contributed by atoms with Gasteiger partial charge in [-0.3, -0.25) is 9.59 Å². The number of nitrogens with two attached hydrogens (primary N) is 2. The Bertz CT molecular complexity index is 1000. The molecule has 7 nitrogen and oxygen atoms in total. The first-order chi connectivity index (χ1) is 14.2. The molecule has 154 valence electrons. The highest BCUT2D eigenvalue weighted by atomic mass is 16.1. The molecule has 4 N–H and O–H groups in total. The van der Waals surface area contributed by atoms with E-state index in [9.17, 15) is 9.59 Å². The van der Waals surface area contributed by atoms with Crippen LogP contribution in [-0.4, -0.2) is 44.7 Å². The number of hydrogen-bond acceptors (Lipinski definition) is 7. The number of hydrogen-bond donors (Lipinski definition) is 2. The third-order valence-electron chi connectivity index (χ3n) is 4.80. The van der Waals surface area contributed by atoms with Crippen molar-refractivity contribution < 1.29 is 9.59 Å². The van der Waals surface area contributed by atoms with E-state index in [0.29, 0.717) is 11.1 Å². The summed E-state index contributed by atoms with van der Waals surface area (Å²) in [4.78, 5) is 34.1.